The summed E-state index contributed by atoms with van der Waals surface area (Å²) in [6.45, 7) is 4.99. The van der Waals surface area contributed by atoms with Gasteiger partial charge < -0.3 is 15.0 Å². The number of aromatic nitrogens is 1. The van der Waals surface area contributed by atoms with Crippen molar-refractivity contribution in [3.8, 4) is 0 Å². The van der Waals surface area contributed by atoms with Gasteiger partial charge in [-0.15, -0.1) is 0 Å². The highest BCUT2D eigenvalue weighted by atomic mass is 16.5. The fraction of sp³-hybridized carbons (Fsp3) is 0.632. The molecule has 1 aromatic rings. The van der Waals surface area contributed by atoms with E-state index < -0.39 is 0 Å². The van der Waals surface area contributed by atoms with E-state index in [4.69, 9.17) is 4.74 Å². The van der Waals surface area contributed by atoms with Crippen LogP contribution in [0, 0.1) is 11.3 Å². The molecule has 0 radical (unpaired) electrons. The SMILES string of the molecule is CCOCC1(CNC(=O)[C@H]2CC(=O)N(Cc3ccccn3)C2)CCC1. The Balaban J connectivity index is 1.49. The Hall–Kier alpha value is -1.95. The third-order valence-corrected chi connectivity index (χ3v) is 5.33. The second kappa shape index (κ2) is 7.95. The molecule has 25 heavy (non-hydrogen) atoms. The summed E-state index contributed by atoms with van der Waals surface area (Å²) in [4.78, 5) is 30.7. The van der Waals surface area contributed by atoms with Crippen molar-refractivity contribution in [3.05, 3.63) is 30.1 Å². The van der Waals surface area contributed by atoms with Gasteiger partial charge in [0.1, 0.15) is 0 Å². The summed E-state index contributed by atoms with van der Waals surface area (Å²) in [6.07, 6.45) is 5.40. The summed E-state index contributed by atoms with van der Waals surface area (Å²) in [6, 6.07) is 5.66. The first-order valence-corrected chi connectivity index (χ1v) is 9.15. The van der Waals surface area contributed by atoms with Crippen LogP contribution in [0.25, 0.3) is 0 Å². The maximum absolute atomic E-state index is 12.5. The highest BCUT2D eigenvalue weighted by Crippen LogP contribution is 2.40. The summed E-state index contributed by atoms with van der Waals surface area (Å²) in [5.74, 6) is -0.251. The lowest BCUT2D eigenvalue weighted by atomic mass is 9.69. The maximum atomic E-state index is 12.5. The second-order valence-electron chi connectivity index (χ2n) is 7.20. The number of hydrogen-bond donors (Lipinski definition) is 1. The van der Waals surface area contributed by atoms with Gasteiger partial charge in [0.15, 0.2) is 0 Å². The molecule has 1 atom stereocenters. The minimum absolute atomic E-state index is 0.0142. The molecule has 1 aromatic heterocycles. The predicted molar refractivity (Wildman–Crippen MR) is 93.5 cm³/mol. The molecule has 1 saturated carbocycles. The first-order chi connectivity index (χ1) is 12.1. The van der Waals surface area contributed by atoms with Crippen LogP contribution >= 0.6 is 0 Å². The number of nitrogens with zero attached hydrogens (tertiary/aromatic N) is 2. The van der Waals surface area contributed by atoms with Crippen LogP contribution in [-0.4, -0.2) is 48.0 Å². The second-order valence-corrected chi connectivity index (χ2v) is 7.20. The first-order valence-electron chi connectivity index (χ1n) is 9.15. The predicted octanol–water partition coefficient (Wildman–Crippen LogP) is 1.75. The quantitative estimate of drug-likeness (QED) is 0.779. The first kappa shape index (κ1) is 17.9. The van der Waals surface area contributed by atoms with Crippen LogP contribution in [0.2, 0.25) is 0 Å². The Morgan fingerprint density at radius 2 is 2.28 bits per heavy atom. The molecular weight excluding hydrogens is 318 g/mol. The van der Waals surface area contributed by atoms with Gasteiger partial charge >= 0.3 is 0 Å². The summed E-state index contributed by atoms with van der Waals surface area (Å²) in [5, 5.41) is 3.07. The minimum atomic E-state index is -0.263. The van der Waals surface area contributed by atoms with E-state index in [1.807, 2.05) is 25.1 Å². The van der Waals surface area contributed by atoms with Gasteiger partial charge in [0.25, 0.3) is 0 Å². The highest BCUT2D eigenvalue weighted by Gasteiger charge is 2.39. The number of likely N-dealkylation sites (tertiary alicyclic amines) is 1. The fourth-order valence-electron chi connectivity index (χ4n) is 3.57. The molecule has 136 valence electrons. The van der Waals surface area contributed by atoms with E-state index in [9.17, 15) is 9.59 Å². The normalized spacial score (nSPS) is 21.9. The van der Waals surface area contributed by atoms with Gasteiger partial charge in [-0.2, -0.15) is 0 Å². The zero-order valence-corrected chi connectivity index (χ0v) is 14.9. The number of amides is 2. The minimum Gasteiger partial charge on any atom is -0.381 e. The topological polar surface area (TPSA) is 71.5 Å². The number of pyridine rings is 1. The van der Waals surface area contributed by atoms with E-state index in [0.717, 1.165) is 18.5 Å². The third-order valence-electron chi connectivity index (χ3n) is 5.33. The van der Waals surface area contributed by atoms with Gasteiger partial charge in [0.05, 0.1) is 24.8 Å². The molecule has 6 heteroatoms. The summed E-state index contributed by atoms with van der Waals surface area (Å²) in [7, 11) is 0. The van der Waals surface area contributed by atoms with Crippen LogP contribution < -0.4 is 5.32 Å². The molecule has 0 unspecified atom stereocenters. The van der Waals surface area contributed by atoms with Crippen LogP contribution in [0.15, 0.2) is 24.4 Å². The number of rotatable bonds is 8. The average Bonchev–Trinajstić information content (AvgIpc) is 2.95. The molecule has 2 heterocycles. The third kappa shape index (κ3) is 4.37. The largest absolute Gasteiger partial charge is 0.381 e. The van der Waals surface area contributed by atoms with Gasteiger partial charge in [-0.05, 0) is 31.9 Å². The Kier molecular flexibility index (Phi) is 5.68. The van der Waals surface area contributed by atoms with Gasteiger partial charge in [0, 0.05) is 37.7 Å². The van der Waals surface area contributed by atoms with Crippen LogP contribution in [0.5, 0.6) is 0 Å². The Labute approximate surface area is 148 Å². The van der Waals surface area contributed by atoms with Crippen molar-refractivity contribution in [1.82, 2.24) is 15.2 Å². The Morgan fingerprint density at radius 1 is 1.44 bits per heavy atom. The standard InChI is InChI=1S/C19H27N3O3/c1-2-25-14-19(7-5-8-19)13-21-18(24)15-10-17(23)22(11-15)12-16-6-3-4-9-20-16/h3-4,6,9,15H,2,5,7-8,10-14H2,1H3,(H,21,24)/t15-/m0/s1. The molecule has 2 amide bonds. The summed E-state index contributed by atoms with van der Waals surface area (Å²) < 4.78 is 5.58. The lowest BCUT2D eigenvalue weighted by Crippen LogP contribution is -2.46. The molecule has 1 N–H and O–H groups in total. The molecule has 0 bridgehead atoms. The maximum Gasteiger partial charge on any atom is 0.225 e. The molecule has 1 aliphatic heterocycles. The highest BCUT2D eigenvalue weighted by molar-refractivity contribution is 5.89. The van der Waals surface area contributed by atoms with Crippen molar-refractivity contribution in [2.24, 2.45) is 11.3 Å². The lowest BCUT2D eigenvalue weighted by Gasteiger charge is -2.41. The number of carbonyl (C=O) groups is 2. The van der Waals surface area contributed by atoms with Crippen LogP contribution in [-0.2, 0) is 20.9 Å². The van der Waals surface area contributed by atoms with E-state index >= 15 is 0 Å². The molecule has 3 rings (SSSR count). The van der Waals surface area contributed by atoms with Crippen molar-refractivity contribution in [3.63, 3.8) is 0 Å². The van der Waals surface area contributed by atoms with Crippen molar-refractivity contribution < 1.29 is 14.3 Å². The van der Waals surface area contributed by atoms with E-state index in [-0.39, 0.29) is 29.6 Å². The zero-order chi connectivity index (χ0) is 17.7. The molecule has 2 fully saturated rings. The van der Waals surface area contributed by atoms with Crippen molar-refractivity contribution >= 4 is 11.8 Å². The number of carbonyl (C=O) groups excluding carboxylic acids is 2. The smallest absolute Gasteiger partial charge is 0.225 e. The van der Waals surface area contributed by atoms with Crippen LogP contribution in [0.4, 0.5) is 0 Å². The van der Waals surface area contributed by atoms with E-state index in [1.54, 1.807) is 11.1 Å². The lowest BCUT2D eigenvalue weighted by molar-refractivity contribution is -0.129. The van der Waals surface area contributed by atoms with Gasteiger partial charge in [-0.25, -0.2) is 0 Å². The number of nitrogens with one attached hydrogen (secondary N) is 1. The van der Waals surface area contributed by atoms with Crippen LogP contribution in [0.1, 0.15) is 38.3 Å². The van der Waals surface area contributed by atoms with E-state index in [1.165, 1.54) is 6.42 Å². The number of ether oxygens (including phenoxy) is 1. The molecule has 6 nitrogen and oxygen atoms in total. The molecule has 0 spiro atoms. The zero-order valence-electron chi connectivity index (χ0n) is 14.9. The molecule has 1 aliphatic carbocycles. The fourth-order valence-corrected chi connectivity index (χ4v) is 3.57. The average molecular weight is 345 g/mol. The van der Waals surface area contributed by atoms with Gasteiger partial charge in [-0.1, -0.05) is 12.5 Å². The van der Waals surface area contributed by atoms with E-state index in [2.05, 4.69) is 10.3 Å². The van der Waals surface area contributed by atoms with Crippen molar-refractivity contribution in [1.29, 1.82) is 0 Å². The Morgan fingerprint density at radius 3 is 2.92 bits per heavy atom. The van der Waals surface area contributed by atoms with Crippen molar-refractivity contribution in [2.75, 3.05) is 26.3 Å². The van der Waals surface area contributed by atoms with Crippen molar-refractivity contribution in [2.45, 2.75) is 39.2 Å². The molecular formula is C19H27N3O3. The van der Waals surface area contributed by atoms with E-state index in [0.29, 0.717) is 32.8 Å². The molecule has 0 aromatic carbocycles. The molecule has 1 saturated heterocycles. The van der Waals surface area contributed by atoms with Gasteiger partial charge in [-0.3, -0.25) is 14.6 Å². The summed E-state index contributed by atoms with van der Waals surface area (Å²) in [5.41, 5.74) is 0.948. The molecule has 2 aliphatic rings. The number of hydrogen-bond acceptors (Lipinski definition) is 4. The van der Waals surface area contributed by atoms with Crippen LogP contribution in [0.3, 0.4) is 0 Å². The monoisotopic (exact) mass is 345 g/mol. The van der Waals surface area contributed by atoms with Gasteiger partial charge in [0.2, 0.25) is 11.8 Å². The Bertz CT molecular complexity index is 601. The summed E-state index contributed by atoms with van der Waals surface area (Å²) >= 11 is 0.